The molecule has 0 aromatic heterocycles. The molecule has 1 aliphatic carbocycles. The highest BCUT2D eigenvalue weighted by atomic mass is 35.5. The van der Waals surface area contributed by atoms with Gasteiger partial charge in [-0.3, -0.25) is 10.1 Å². The van der Waals surface area contributed by atoms with E-state index in [2.05, 4.69) is 0 Å². The van der Waals surface area contributed by atoms with Crippen LogP contribution < -0.4 is 0 Å². The lowest BCUT2D eigenvalue weighted by atomic mass is 9.84. The minimum Gasteiger partial charge on any atom is -0.258 e. The van der Waals surface area contributed by atoms with Gasteiger partial charge in [0.2, 0.25) is 0 Å². The molecule has 0 heterocycles. The van der Waals surface area contributed by atoms with Gasteiger partial charge in [0.05, 0.1) is 9.95 Å². The topological polar surface area (TPSA) is 43.1 Å². The molecule has 1 fully saturated rings. The standard InChI is InChI=1S/C12H13Cl2NO2/c13-10-7-12(15(16)17)11(14)6-9(10)8-4-2-1-3-5-8/h6-8H,1-5H2. The molecule has 3 nitrogen and oxygen atoms in total. The third-order valence-corrected chi connectivity index (χ3v) is 3.94. The van der Waals surface area contributed by atoms with Gasteiger partial charge in [0.25, 0.3) is 5.69 Å². The van der Waals surface area contributed by atoms with E-state index >= 15 is 0 Å². The summed E-state index contributed by atoms with van der Waals surface area (Å²) in [5.74, 6) is 0.398. The summed E-state index contributed by atoms with van der Waals surface area (Å²) in [6.45, 7) is 0. The Balaban J connectivity index is 2.35. The zero-order valence-electron chi connectivity index (χ0n) is 9.29. The molecular formula is C12H13Cl2NO2. The molecule has 0 spiro atoms. The van der Waals surface area contributed by atoms with Crippen LogP contribution in [0.2, 0.25) is 10.0 Å². The van der Waals surface area contributed by atoms with Crippen molar-refractivity contribution >= 4 is 28.9 Å². The molecule has 0 amide bonds. The van der Waals surface area contributed by atoms with Crippen LogP contribution in [0.25, 0.3) is 0 Å². The van der Waals surface area contributed by atoms with E-state index in [4.69, 9.17) is 23.2 Å². The Morgan fingerprint density at radius 3 is 2.35 bits per heavy atom. The highest BCUT2D eigenvalue weighted by Crippen LogP contribution is 2.40. The molecular weight excluding hydrogens is 261 g/mol. The van der Waals surface area contributed by atoms with Gasteiger partial charge in [-0.1, -0.05) is 42.5 Å². The van der Waals surface area contributed by atoms with Gasteiger partial charge in [0, 0.05) is 6.07 Å². The van der Waals surface area contributed by atoms with Crippen molar-refractivity contribution in [3.8, 4) is 0 Å². The molecule has 0 saturated heterocycles. The van der Waals surface area contributed by atoms with Crippen LogP contribution in [-0.2, 0) is 0 Å². The first-order chi connectivity index (χ1) is 8.09. The largest absolute Gasteiger partial charge is 0.289 e. The molecule has 1 aliphatic rings. The molecule has 0 unspecified atom stereocenters. The zero-order chi connectivity index (χ0) is 12.4. The summed E-state index contributed by atoms with van der Waals surface area (Å²) < 4.78 is 0. The molecule has 0 N–H and O–H groups in total. The second-order valence-corrected chi connectivity index (χ2v) is 5.23. The van der Waals surface area contributed by atoms with Gasteiger partial charge in [0.1, 0.15) is 5.02 Å². The molecule has 1 aromatic carbocycles. The van der Waals surface area contributed by atoms with Gasteiger partial charge < -0.3 is 0 Å². The third-order valence-electron chi connectivity index (χ3n) is 3.31. The van der Waals surface area contributed by atoms with Crippen molar-refractivity contribution in [1.29, 1.82) is 0 Å². The molecule has 1 saturated carbocycles. The predicted molar refractivity (Wildman–Crippen MR) is 68.9 cm³/mol. The first-order valence-electron chi connectivity index (χ1n) is 5.73. The zero-order valence-corrected chi connectivity index (χ0v) is 10.8. The van der Waals surface area contributed by atoms with Gasteiger partial charge in [-0.15, -0.1) is 0 Å². The summed E-state index contributed by atoms with van der Waals surface area (Å²) in [4.78, 5) is 10.2. The first kappa shape index (κ1) is 12.7. The number of benzene rings is 1. The van der Waals surface area contributed by atoms with E-state index < -0.39 is 4.92 Å². The molecule has 0 atom stereocenters. The summed E-state index contributed by atoms with van der Waals surface area (Å²) in [5, 5.41) is 11.4. The summed E-state index contributed by atoms with van der Waals surface area (Å²) in [6.07, 6.45) is 5.82. The number of nitro benzene ring substituents is 1. The lowest BCUT2D eigenvalue weighted by Crippen LogP contribution is -2.05. The average Bonchev–Trinajstić information content (AvgIpc) is 2.32. The van der Waals surface area contributed by atoms with Gasteiger partial charge >= 0.3 is 0 Å². The second kappa shape index (κ2) is 5.23. The van der Waals surface area contributed by atoms with Crippen LogP contribution in [0, 0.1) is 10.1 Å². The number of nitrogens with zero attached hydrogens (tertiary/aromatic N) is 1. The van der Waals surface area contributed by atoms with E-state index in [1.807, 2.05) is 0 Å². The van der Waals surface area contributed by atoms with Crippen molar-refractivity contribution in [3.63, 3.8) is 0 Å². The minimum absolute atomic E-state index is 0.115. The number of halogens is 2. The van der Waals surface area contributed by atoms with Crippen LogP contribution in [0.4, 0.5) is 5.69 Å². The van der Waals surface area contributed by atoms with Crippen molar-refractivity contribution in [2.45, 2.75) is 38.0 Å². The lowest BCUT2D eigenvalue weighted by molar-refractivity contribution is -0.384. The number of nitro groups is 1. The van der Waals surface area contributed by atoms with E-state index in [9.17, 15) is 10.1 Å². The van der Waals surface area contributed by atoms with Gasteiger partial charge in [-0.2, -0.15) is 0 Å². The Hall–Kier alpha value is -0.800. The highest BCUT2D eigenvalue weighted by molar-refractivity contribution is 6.35. The molecule has 5 heteroatoms. The Kier molecular flexibility index (Phi) is 3.89. The molecule has 17 heavy (non-hydrogen) atoms. The van der Waals surface area contributed by atoms with Crippen LogP contribution in [-0.4, -0.2) is 4.92 Å². The Morgan fingerprint density at radius 2 is 1.76 bits per heavy atom. The summed E-state index contributed by atoms with van der Waals surface area (Å²) in [5.41, 5.74) is 0.846. The van der Waals surface area contributed by atoms with Crippen molar-refractivity contribution < 1.29 is 4.92 Å². The van der Waals surface area contributed by atoms with Crippen LogP contribution in [0.3, 0.4) is 0 Å². The average molecular weight is 274 g/mol. The van der Waals surface area contributed by atoms with Crippen LogP contribution in [0.15, 0.2) is 12.1 Å². The Bertz CT molecular complexity index is 442. The fourth-order valence-corrected chi connectivity index (χ4v) is 2.97. The van der Waals surface area contributed by atoms with Gasteiger partial charge in [-0.25, -0.2) is 0 Å². The normalized spacial score (nSPS) is 17.1. The fourth-order valence-electron chi connectivity index (χ4n) is 2.42. The van der Waals surface area contributed by atoms with Crippen LogP contribution in [0.5, 0.6) is 0 Å². The number of hydrogen-bond acceptors (Lipinski definition) is 2. The monoisotopic (exact) mass is 273 g/mol. The van der Waals surface area contributed by atoms with E-state index in [0.29, 0.717) is 10.9 Å². The maximum absolute atomic E-state index is 10.7. The fraction of sp³-hybridized carbons (Fsp3) is 0.500. The van der Waals surface area contributed by atoms with E-state index in [1.165, 1.54) is 25.3 Å². The van der Waals surface area contributed by atoms with Crippen molar-refractivity contribution in [2.24, 2.45) is 0 Å². The van der Waals surface area contributed by atoms with Crippen LogP contribution in [0.1, 0.15) is 43.6 Å². The first-order valence-corrected chi connectivity index (χ1v) is 6.48. The summed E-state index contributed by atoms with van der Waals surface area (Å²) in [7, 11) is 0. The highest BCUT2D eigenvalue weighted by Gasteiger charge is 2.22. The lowest BCUT2D eigenvalue weighted by Gasteiger charge is -2.23. The Morgan fingerprint density at radius 1 is 1.12 bits per heavy atom. The van der Waals surface area contributed by atoms with Crippen LogP contribution >= 0.6 is 23.2 Å². The smallest absolute Gasteiger partial charge is 0.258 e. The molecule has 92 valence electrons. The van der Waals surface area contributed by atoms with Crippen molar-refractivity contribution in [3.05, 3.63) is 37.9 Å². The van der Waals surface area contributed by atoms with E-state index in [0.717, 1.165) is 18.4 Å². The SMILES string of the molecule is O=[N+]([O-])c1cc(Cl)c(C2CCCCC2)cc1Cl. The van der Waals surface area contributed by atoms with Gasteiger partial charge in [0.15, 0.2) is 0 Å². The quantitative estimate of drug-likeness (QED) is 0.565. The predicted octanol–water partition coefficient (Wildman–Crippen LogP) is 4.95. The maximum Gasteiger partial charge on any atom is 0.289 e. The molecule has 1 aromatic rings. The maximum atomic E-state index is 10.7. The molecule has 0 radical (unpaired) electrons. The third kappa shape index (κ3) is 2.72. The van der Waals surface area contributed by atoms with Crippen molar-refractivity contribution in [2.75, 3.05) is 0 Å². The molecule has 2 rings (SSSR count). The van der Waals surface area contributed by atoms with Crippen molar-refractivity contribution in [1.82, 2.24) is 0 Å². The van der Waals surface area contributed by atoms with Gasteiger partial charge in [-0.05, 0) is 30.4 Å². The minimum atomic E-state index is -0.501. The second-order valence-electron chi connectivity index (χ2n) is 4.42. The summed E-state index contributed by atoms with van der Waals surface area (Å²) >= 11 is 12.0. The van der Waals surface area contributed by atoms with E-state index in [1.54, 1.807) is 6.07 Å². The van der Waals surface area contributed by atoms with E-state index in [-0.39, 0.29) is 10.7 Å². The molecule has 0 bridgehead atoms. The Labute approximate surface area is 110 Å². The molecule has 0 aliphatic heterocycles. The number of hydrogen-bond donors (Lipinski definition) is 0. The number of rotatable bonds is 2. The summed E-state index contributed by atoms with van der Waals surface area (Å²) in [6, 6.07) is 3.03.